The van der Waals surface area contributed by atoms with E-state index in [0.29, 0.717) is 12.1 Å². The molecule has 0 spiro atoms. The molecule has 112 valence electrons. The van der Waals surface area contributed by atoms with Crippen LogP contribution in [0.25, 0.3) is 0 Å². The smallest absolute Gasteiger partial charge is 0.0404 e. The Morgan fingerprint density at radius 2 is 2.05 bits per heavy atom. The first-order valence-corrected chi connectivity index (χ1v) is 8.21. The van der Waals surface area contributed by atoms with Gasteiger partial charge in [-0.3, -0.25) is 0 Å². The second kappa shape index (κ2) is 7.12. The van der Waals surface area contributed by atoms with Gasteiger partial charge in [0, 0.05) is 24.3 Å². The molecule has 2 rings (SSSR count). The molecule has 2 nitrogen and oxygen atoms in total. The fourth-order valence-electron chi connectivity index (χ4n) is 3.21. The number of para-hydroxylation sites is 1. The van der Waals surface area contributed by atoms with Crippen molar-refractivity contribution in [3.63, 3.8) is 0 Å². The van der Waals surface area contributed by atoms with Crippen LogP contribution in [-0.4, -0.2) is 30.1 Å². The highest BCUT2D eigenvalue weighted by Crippen LogP contribution is 2.25. The van der Waals surface area contributed by atoms with Gasteiger partial charge in [-0.25, -0.2) is 0 Å². The highest BCUT2D eigenvalue weighted by Gasteiger charge is 2.19. The zero-order valence-corrected chi connectivity index (χ0v) is 13.6. The summed E-state index contributed by atoms with van der Waals surface area (Å²) in [5.74, 6) is 0. The van der Waals surface area contributed by atoms with Gasteiger partial charge in [-0.1, -0.05) is 25.1 Å². The van der Waals surface area contributed by atoms with Crippen molar-refractivity contribution in [3.8, 4) is 0 Å². The molecule has 1 saturated heterocycles. The summed E-state index contributed by atoms with van der Waals surface area (Å²) in [6.07, 6.45) is 4.97. The standard InChI is InChI=1S/C18H30N2/c1-5-16-9-6-8-15(4)18(16)19-17-10-7-12-20(13-11-17)14(2)3/h6,8-9,14,17,19H,5,7,10-13H2,1-4H3. The molecule has 1 N–H and O–H groups in total. The van der Waals surface area contributed by atoms with Gasteiger partial charge in [-0.05, 0) is 64.1 Å². The molecule has 20 heavy (non-hydrogen) atoms. The highest BCUT2D eigenvalue weighted by molar-refractivity contribution is 5.57. The maximum atomic E-state index is 3.84. The van der Waals surface area contributed by atoms with Gasteiger partial charge < -0.3 is 10.2 Å². The van der Waals surface area contributed by atoms with Crippen molar-refractivity contribution in [2.24, 2.45) is 0 Å². The van der Waals surface area contributed by atoms with Gasteiger partial charge in [-0.15, -0.1) is 0 Å². The Hall–Kier alpha value is -1.02. The zero-order chi connectivity index (χ0) is 14.5. The van der Waals surface area contributed by atoms with Gasteiger partial charge in [0.25, 0.3) is 0 Å². The van der Waals surface area contributed by atoms with Crippen LogP contribution in [0.15, 0.2) is 18.2 Å². The fraction of sp³-hybridized carbons (Fsp3) is 0.667. The third-order valence-electron chi connectivity index (χ3n) is 4.58. The van der Waals surface area contributed by atoms with Crippen molar-refractivity contribution in [3.05, 3.63) is 29.3 Å². The lowest BCUT2D eigenvalue weighted by Gasteiger charge is -2.25. The lowest BCUT2D eigenvalue weighted by Crippen LogP contribution is -2.32. The van der Waals surface area contributed by atoms with Gasteiger partial charge in [0.2, 0.25) is 0 Å². The Labute approximate surface area is 124 Å². The third kappa shape index (κ3) is 3.76. The second-order valence-electron chi connectivity index (χ2n) is 6.36. The Bertz CT molecular complexity index is 425. The van der Waals surface area contributed by atoms with Gasteiger partial charge >= 0.3 is 0 Å². The number of hydrogen-bond acceptors (Lipinski definition) is 2. The molecule has 0 aromatic heterocycles. The molecule has 2 heteroatoms. The van der Waals surface area contributed by atoms with Crippen molar-refractivity contribution < 1.29 is 0 Å². The first-order valence-electron chi connectivity index (χ1n) is 8.21. The van der Waals surface area contributed by atoms with Gasteiger partial charge in [0.1, 0.15) is 0 Å². The summed E-state index contributed by atoms with van der Waals surface area (Å²) < 4.78 is 0. The molecule has 0 saturated carbocycles. The van der Waals surface area contributed by atoms with Crippen molar-refractivity contribution in [1.82, 2.24) is 4.90 Å². The number of likely N-dealkylation sites (tertiary alicyclic amines) is 1. The molecular formula is C18H30N2. The van der Waals surface area contributed by atoms with Gasteiger partial charge in [0.05, 0.1) is 0 Å². The first-order chi connectivity index (χ1) is 9.61. The normalized spacial score (nSPS) is 20.9. The SMILES string of the molecule is CCc1cccc(C)c1NC1CCCN(C(C)C)CC1. The molecule has 1 aromatic carbocycles. The van der Waals surface area contributed by atoms with E-state index >= 15 is 0 Å². The van der Waals surface area contributed by atoms with E-state index in [1.54, 1.807) is 0 Å². The van der Waals surface area contributed by atoms with E-state index in [1.807, 2.05) is 0 Å². The summed E-state index contributed by atoms with van der Waals surface area (Å²) in [6, 6.07) is 7.96. The molecule has 0 radical (unpaired) electrons. The maximum absolute atomic E-state index is 3.84. The van der Waals surface area contributed by atoms with Crippen molar-refractivity contribution in [2.75, 3.05) is 18.4 Å². The minimum atomic E-state index is 0.630. The topological polar surface area (TPSA) is 15.3 Å². The fourth-order valence-corrected chi connectivity index (χ4v) is 3.21. The van der Waals surface area contributed by atoms with Crippen LogP contribution in [0, 0.1) is 6.92 Å². The Morgan fingerprint density at radius 1 is 1.25 bits per heavy atom. The summed E-state index contributed by atoms with van der Waals surface area (Å²) in [7, 11) is 0. The summed E-state index contributed by atoms with van der Waals surface area (Å²) in [5.41, 5.74) is 4.22. The van der Waals surface area contributed by atoms with Crippen LogP contribution in [0.1, 0.15) is 51.2 Å². The highest BCUT2D eigenvalue weighted by atomic mass is 15.1. The number of rotatable bonds is 4. The summed E-state index contributed by atoms with van der Waals surface area (Å²) in [4.78, 5) is 2.61. The minimum Gasteiger partial charge on any atom is -0.382 e. The molecular weight excluding hydrogens is 244 g/mol. The van der Waals surface area contributed by atoms with E-state index in [9.17, 15) is 0 Å². The predicted octanol–water partition coefficient (Wildman–Crippen LogP) is 4.23. The van der Waals surface area contributed by atoms with Crippen LogP contribution < -0.4 is 5.32 Å². The molecule has 1 atom stereocenters. The molecule has 1 fully saturated rings. The van der Waals surface area contributed by atoms with Crippen LogP contribution in [0.4, 0.5) is 5.69 Å². The summed E-state index contributed by atoms with van der Waals surface area (Å²) in [6.45, 7) is 11.6. The number of hydrogen-bond donors (Lipinski definition) is 1. The van der Waals surface area contributed by atoms with E-state index < -0.39 is 0 Å². The van der Waals surface area contributed by atoms with Gasteiger partial charge in [0.15, 0.2) is 0 Å². The Morgan fingerprint density at radius 3 is 2.75 bits per heavy atom. The molecule has 1 aromatic rings. The first kappa shape index (κ1) is 15.4. The zero-order valence-electron chi connectivity index (χ0n) is 13.6. The number of nitrogens with zero attached hydrogens (tertiary/aromatic N) is 1. The van der Waals surface area contributed by atoms with Crippen LogP contribution in [-0.2, 0) is 6.42 Å². The maximum Gasteiger partial charge on any atom is 0.0404 e. The number of anilines is 1. The molecule has 1 heterocycles. The lowest BCUT2D eigenvalue weighted by molar-refractivity contribution is 0.230. The van der Waals surface area contributed by atoms with E-state index in [2.05, 4.69) is 56.1 Å². The molecule has 0 bridgehead atoms. The number of aryl methyl sites for hydroxylation is 2. The molecule has 0 aliphatic carbocycles. The van der Waals surface area contributed by atoms with Crippen molar-refractivity contribution >= 4 is 5.69 Å². The van der Waals surface area contributed by atoms with E-state index in [-0.39, 0.29) is 0 Å². The number of benzene rings is 1. The Kier molecular flexibility index (Phi) is 5.47. The summed E-state index contributed by atoms with van der Waals surface area (Å²) >= 11 is 0. The van der Waals surface area contributed by atoms with E-state index in [1.165, 1.54) is 49.2 Å². The summed E-state index contributed by atoms with van der Waals surface area (Å²) in [5, 5.41) is 3.84. The molecule has 1 aliphatic rings. The lowest BCUT2D eigenvalue weighted by atomic mass is 10.0. The van der Waals surface area contributed by atoms with Gasteiger partial charge in [-0.2, -0.15) is 0 Å². The Balaban J connectivity index is 2.03. The van der Waals surface area contributed by atoms with Crippen molar-refractivity contribution in [1.29, 1.82) is 0 Å². The molecule has 0 amide bonds. The molecule has 1 aliphatic heterocycles. The predicted molar refractivity (Wildman–Crippen MR) is 88.5 cm³/mol. The molecule has 1 unspecified atom stereocenters. The van der Waals surface area contributed by atoms with E-state index in [4.69, 9.17) is 0 Å². The quantitative estimate of drug-likeness (QED) is 0.884. The average molecular weight is 274 g/mol. The number of nitrogens with one attached hydrogen (secondary N) is 1. The average Bonchev–Trinajstić information content (AvgIpc) is 2.66. The second-order valence-corrected chi connectivity index (χ2v) is 6.36. The third-order valence-corrected chi connectivity index (χ3v) is 4.58. The van der Waals surface area contributed by atoms with Crippen molar-refractivity contribution in [2.45, 2.75) is 65.5 Å². The van der Waals surface area contributed by atoms with Crippen LogP contribution in [0.2, 0.25) is 0 Å². The van der Waals surface area contributed by atoms with E-state index in [0.717, 1.165) is 6.42 Å². The largest absolute Gasteiger partial charge is 0.382 e. The van der Waals surface area contributed by atoms with Crippen LogP contribution >= 0.6 is 0 Å². The minimum absolute atomic E-state index is 0.630. The van der Waals surface area contributed by atoms with Crippen LogP contribution in [0.5, 0.6) is 0 Å². The van der Waals surface area contributed by atoms with Crippen LogP contribution in [0.3, 0.4) is 0 Å². The monoisotopic (exact) mass is 274 g/mol.